The number of halogens is 2. The van der Waals surface area contributed by atoms with Crippen LogP contribution in [0.2, 0.25) is 0 Å². The predicted molar refractivity (Wildman–Crippen MR) is 93.7 cm³/mol. The number of carbonyl (C=O) groups is 3. The number of amides is 2. The smallest absolute Gasteiger partial charge is 0.315 e. The lowest BCUT2D eigenvalue weighted by molar-refractivity contribution is -0.152. The van der Waals surface area contributed by atoms with Crippen LogP contribution in [-0.2, 0) is 14.3 Å². The Morgan fingerprint density at radius 3 is 2.48 bits per heavy atom. The number of benzene rings is 1. The van der Waals surface area contributed by atoms with Crippen molar-refractivity contribution in [2.75, 3.05) is 11.9 Å². The molecule has 0 unspecified atom stereocenters. The largest absolute Gasteiger partial charge is 0.455 e. The van der Waals surface area contributed by atoms with Gasteiger partial charge in [-0.25, -0.2) is 0 Å². The van der Waals surface area contributed by atoms with Gasteiger partial charge in [-0.15, -0.1) is 23.2 Å². The number of ether oxygens (including phenoxy) is 1. The van der Waals surface area contributed by atoms with Crippen LogP contribution in [0, 0.1) is 5.41 Å². The van der Waals surface area contributed by atoms with E-state index in [0.717, 1.165) is 12.8 Å². The van der Waals surface area contributed by atoms with E-state index >= 15 is 0 Å². The molecule has 2 N–H and O–H groups in total. The first-order valence-electron chi connectivity index (χ1n) is 7.98. The minimum Gasteiger partial charge on any atom is -0.455 e. The first kappa shape index (κ1) is 18.0. The number of hydrogen-bond acceptors (Lipinski definition) is 4. The molecule has 0 aliphatic heterocycles. The third-order valence-electron chi connectivity index (χ3n) is 4.40. The zero-order chi connectivity index (χ0) is 18.2. The first-order valence-corrected chi connectivity index (χ1v) is 8.73. The molecule has 6 nitrogen and oxygen atoms in total. The van der Waals surface area contributed by atoms with Crippen molar-refractivity contribution in [2.24, 2.45) is 5.41 Å². The molecule has 2 fully saturated rings. The molecule has 1 atom stereocenters. The van der Waals surface area contributed by atoms with Gasteiger partial charge in [-0.2, -0.15) is 0 Å². The molecule has 2 amide bonds. The highest BCUT2D eigenvalue weighted by atomic mass is 35.5. The molecule has 0 aromatic heterocycles. The Kier molecular flexibility index (Phi) is 4.68. The fourth-order valence-corrected chi connectivity index (χ4v) is 3.07. The van der Waals surface area contributed by atoms with Crippen LogP contribution in [0.3, 0.4) is 0 Å². The normalized spacial score (nSPS) is 23.5. The third kappa shape index (κ3) is 3.90. The standard InChI is InChI=1S/C17H18Cl2N2O4/c1-16(9-17(16,18)19)15(24)25-8-13(22)21-12-5-3-2-4-11(12)14(23)20-10-6-7-10/h2-5,10H,6-9H2,1H3,(H,20,23)(H,21,22)/t16-/m0/s1. The summed E-state index contributed by atoms with van der Waals surface area (Å²) in [4.78, 5) is 36.2. The highest BCUT2D eigenvalue weighted by Gasteiger charge is 2.69. The topological polar surface area (TPSA) is 84.5 Å². The molecule has 0 spiro atoms. The van der Waals surface area contributed by atoms with E-state index in [-0.39, 0.29) is 18.4 Å². The summed E-state index contributed by atoms with van der Waals surface area (Å²) in [6, 6.07) is 6.87. The summed E-state index contributed by atoms with van der Waals surface area (Å²) >= 11 is 11.8. The summed E-state index contributed by atoms with van der Waals surface area (Å²) in [6.45, 7) is 1.11. The maximum absolute atomic E-state index is 12.2. The fourth-order valence-electron chi connectivity index (χ4n) is 2.38. The van der Waals surface area contributed by atoms with Gasteiger partial charge >= 0.3 is 5.97 Å². The highest BCUT2D eigenvalue weighted by Crippen LogP contribution is 2.64. The Balaban J connectivity index is 1.56. The minimum atomic E-state index is -1.14. The van der Waals surface area contributed by atoms with E-state index in [1.54, 1.807) is 31.2 Å². The van der Waals surface area contributed by atoms with Crippen molar-refractivity contribution in [3.63, 3.8) is 0 Å². The van der Waals surface area contributed by atoms with Gasteiger partial charge in [0.1, 0.15) is 9.75 Å². The molecule has 0 saturated heterocycles. The third-order valence-corrected chi connectivity index (χ3v) is 5.50. The second kappa shape index (κ2) is 6.50. The Morgan fingerprint density at radius 1 is 1.24 bits per heavy atom. The average molecular weight is 385 g/mol. The predicted octanol–water partition coefficient (Wildman–Crippen LogP) is 2.64. The lowest BCUT2D eigenvalue weighted by Crippen LogP contribution is -2.29. The van der Waals surface area contributed by atoms with Gasteiger partial charge in [0, 0.05) is 12.5 Å². The molecule has 0 bridgehead atoms. The van der Waals surface area contributed by atoms with Crippen molar-refractivity contribution in [3.8, 4) is 0 Å². The van der Waals surface area contributed by atoms with Crippen molar-refractivity contribution in [2.45, 2.75) is 36.6 Å². The number of rotatable bonds is 6. The summed E-state index contributed by atoms with van der Waals surface area (Å²) < 4.78 is 3.85. The molecule has 25 heavy (non-hydrogen) atoms. The van der Waals surface area contributed by atoms with Crippen LogP contribution in [0.4, 0.5) is 5.69 Å². The van der Waals surface area contributed by atoms with Crippen LogP contribution < -0.4 is 10.6 Å². The van der Waals surface area contributed by atoms with Gasteiger partial charge < -0.3 is 15.4 Å². The van der Waals surface area contributed by atoms with Crippen LogP contribution in [0.1, 0.15) is 36.5 Å². The molecule has 1 aromatic carbocycles. The van der Waals surface area contributed by atoms with Crippen LogP contribution in [0.25, 0.3) is 0 Å². The average Bonchev–Trinajstić information content (AvgIpc) is 3.44. The number of carbonyl (C=O) groups excluding carboxylic acids is 3. The lowest BCUT2D eigenvalue weighted by atomic mass is 10.1. The van der Waals surface area contributed by atoms with E-state index in [2.05, 4.69) is 10.6 Å². The van der Waals surface area contributed by atoms with Gasteiger partial charge in [-0.1, -0.05) is 12.1 Å². The Morgan fingerprint density at radius 2 is 1.88 bits per heavy atom. The van der Waals surface area contributed by atoms with Gasteiger partial charge in [-0.05, 0) is 31.9 Å². The zero-order valence-corrected chi connectivity index (χ0v) is 15.1. The molecular formula is C17H18Cl2N2O4. The van der Waals surface area contributed by atoms with Gasteiger partial charge in [0.15, 0.2) is 6.61 Å². The molecule has 0 radical (unpaired) electrons. The van der Waals surface area contributed by atoms with E-state index in [0.29, 0.717) is 11.3 Å². The van der Waals surface area contributed by atoms with Crippen molar-refractivity contribution >= 4 is 46.7 Å². The monoisotopic (exact) mass is 384 g/mol. The molecule has 2 aliphatic rings. The Bertz CT molecular complexity index is 733. The quantitative estimate of drug-likeness (QED) is 0.583. The maximum Gasteiger partial charge on any atom is 0.315 e. The van der Waals surface area contributed by atoms with Crippen LogP contribution >= 0.6 is 23.2 Å². The molecule has 134 valence electrons. The minimum absolute atomic E-state index is 0.211. The van der Waals surface area contributed by atoms with Gasteiger partial charge in [0.25, 0.3) is 11.8 Å². The number of para-hydroxylation sites is 1. The summed E-state index contributed by atoms with van der Waals surface area (Å²) in [6.07, 6.45) is 2.23. The molecular weight excluding hydrogens is 367 g/mol. The molecule has 2 aliphatic carbocycles. The van der Waals surface area contributed by atoms with Crippen molar-refractivity contribution in [1.29, 1.82) is 0 Å². The Labute approximate surface area is 155 Å². The molecule has 1 aromatic rings. The lowest BCUT2D eigenvalue weighted by Gasteiger charge is -2.13. The SMILES string of the molecule is C[C@@]1(C(=O)OCC(=O)Nc2ccccc2C(=O)NC2CC2)CC1(Cl)Cl. The summed E-state index contributed by atoms with van der Waals surface area (Å²) in [5.41, 5.74) is -0.259. The van der Waals surface area contributed by atoms with Crippen molar-refractivity contribution in [3.05, 3.63) is 29.8 Å². The number of esters is 1. The highest BCUT2D eigenvalue weighted by molar-refractivity contribution is 6.53. The Hall–Kier alpha value is -1.79. The first-order chi connectivity index (χ1) is 11.7. The molecule has 8 heteroatoms. The van der Waals surface area contributed by atoms with Crippen molar-refractivity contribution in [1.82, 2.24) is 5.32 Å². The van der Waals surface area contributed by atoms with E-state index in [9.17, 15) is 14.4 Å². The zero-order valence-electron chi connectivity index (χ0n) is 13.6. The van der Waals surface area contributed by atoms with Gasteiger partial charge in [0.05, 0.1) is 11.3 Å². The maximum atomic E-state index is 12.2. The second-order valence-electron chi connectivity index (χ2n) is 6.63. The summed E-state index contributed by atoms with van der Waals surface area (Å²) in [7, 11) is 0. The number of nitrogens with one attached hydrogen (secondary N) is 2. The van der Waals surface area contributed by atoms with Crippen molar-refractivity contribution < 1.29 is 19.1 Å². The van der Waals surface area contributed by atoms with Gasteiger partial charge in [-0.3, -0.25) is 14.4 Å². The number of alkyl halides is 2. The molecule has 0 heterocycles. The van der Waals surface area contributed by atoms with Crippen LogP contribution in [-0.4, -0.2) is 34.8 Å². The summed E-state index contributed by atoms with van der Waals surface area (Å²) in [5, 5.41) is 5.46. The van der Waals surface area contributed by atoms with Crippen LogP contribution in [0.15, 0.2) is 24.3 Å². The van der Waals surface area contributed by atoms with Gasteiger partial charge in [0.2, 0.25) is 0 Å². The molecule has 3 rings (SSSR count). The van der Waals surface area contributed by atoms with E-state index in [4.69, 9.17) is 27.9 Å². The van der Waals surface area contributed by atoms with Crippen LogP contribution in [0.5, 0.6) is 0 Å². The van der Waals surface area contributed by atoms with E-state index < -0.39 is 28.2 Å². The number of anilines is 1. The summed E-state index contributed by atoms with van der Waals surface area (Å²) in [5.74, 6) is -1.40. The fraction of sp³-hybridized carbons (Fsp3) is 0.471. The van der Waals surface area contributed by atoms with E-state index in [1.807, 2.05) is 0 Å². The molecule has 2 saturated carbocycles. The second-order valence-corrected chi connectivity index (χ2v) is 8.11. The number of hydrogen-bond donors (Lipinski definition) is 2. The van der Waals surface area contributed by atoms with E-state index in [1.165, 1.54) is 0 Å².